The maximum absolute atomic E-state index is 12.3. The second-order valence-corrected chi connectivity index (χ2v) is 6.19. The average Bonchev–Trinajstić information content (AvgIpc) is 2.60. The van der Waals surface area contributed by atoms with Gasteiger partial charge in [0.05, 0.1) is 18.8 Å². The van der Waals surface area contributed by atoms with Crippen LogP contribution >= 0.6 is 0 Å². The highest BCUT2D eigenvalue weighted by molar-refractivity contribution is 5.84. The zero-order valence-corrected chi connectivity index (χ0v) is 11.5. The van der Waals surface area contributed by atoms with E-state index in [0.29, 0.717) is 18.6 Å². The number of nitrogens with zero attached hydrogens (tertiary/aromatic N) is 1. The third kappa shape index (κ3) is 1.87. The summed E-state index contributed by atoms with van der Waals surface area (Å²) in [6.07, 6.45) is 1.24. The predicted molar refractivity (Wildman–Crippen MR) is 66.5 cm³/mol. The molecule has 4 nitrogen and oxygen atoms in total. The molecule has 0 aromatic heterocycles. The van der Waals surface area contributed by atoms with E-state index >= 15 is 0 Å². The third-order valence-electron chi connectivity index (χ3n) is 4.48. The van der Waals surface area contributed by atoms with Crippen molar-refractivity contribution in [3.63, 3.8) is 0 Å². The van der Waals surface area contributed by atoms with E-state index in [-0.39, 0.29) is 23.5 Å². The molecule has 0 aromatic carbocycles. The molecule has 3 atom stereocenters. The minimum Gasteiger partial charge on any atom is -0.381 e. The van der Waals surface area contributed by atoms with Crippen molar-refractivity contribution in [3.8, 4) is 0 Å². The Labute approximate surface area is 104 Å². The monoisotopic (exact) mass is 240 g/mol. The van der Waals surface area contributed by atoms with Crippen LogP contribution in [0.1, 0.15) is 34.1 Å². The lowest BCUT2D eigenvalue weighted by molar-refractivity contribution is -0.157. The first kappa shape index (κ1) is 12.8. The van der Waals surface area contributed by atoms with Gasteiger partial charge in [0.15, 0.2) is 0 Å². The molecule has 1 N–H and O–H groups in total. The van der Waals surface area contributed by atoms with Crippen molar-refractivity contribution < 1.29 is 9.53 Å². The summed E-state index contributed by atoms with van der Waals surface area (Å²) >= 11 is 0. The van der Waals surface area contributed by atoms with Crippen molar-refractivity contribution >= 4 is 5.91 Å². The van der Waals surface area contributed by atoms with Crippen molar-refractivity contribution in [2.24, 2.45) is 11.3 Å². The van der Waals surface area contributed by atoms with E-state index in [4.69, 9.17) is 4.74 Å². The molecule has 3 unspecified atom stereocenters. The first-order chi connectivity index (χ1) is 7.89. The highest BCUT2D eigenvalue weighted by Gasteiger charge is 2.54. The number of hydrogen-bond acceptors (Lipinski definition) is 3. The number of carbonyl (C=O) groups excluding carboxylic acids is 1. The van der Waals surface area contributed by atoms with Gasteiger partial charge in [-0.05, 0) is 12.3 Å². The van der Waals surface area contributed by atoms with Gasteiger partial charge in [-0.2, -0.15) is 0 Å². The van der Waals surface area contributed by atoms with Gasteiger partial charge in [0, 0.05) is 18.6 Å². The van der Waals surface area contributed by atoms with Crippen LogP contribution in [0, 0.1) is 11.3 Å². The molecular weight excluding hydrogens is 216 g/mol. The van der Waals surface area contributed by atoms with Crippen molar-refractivity contribution in [2.75, 3.05) is 13.8 Å². The maximum Gasteiger partial charge on any atom is 0.241 e. The number of carbonyl (C=O) groups is 1. The zero-order valence-electron chi connectivity index (χ0n) is 11.5. The molecule has 1 saturated carbocycles. The van der Waals surface area contributed by atoms with E-state index in [0.717, 1.165) is 6.42 Å². The number of hydrogen-bond donors (Lipinski definition) is 1. The van der Waals surface area contributed by atoms with Gasteiger partial charge in [0.25, 0.3) is 0 Å². The molecule has 1 aliphatic heterocycles. The Bertz CT molecular complexity index is 315. The van der Waals surface area contributed by atoms with E-state index in [2.05, 4.69) is 33.0 Å². The van der Waals surface area contributed by atoms with Gasteiger partial charge in [-0.1, -0.05) is 27.7 Å². The highest BCUT2D eigenvalue weighted by Crippen LogP contribution is 2.46. The topological polar surface area (TPSA) is 41.6 Å². The predicted octanol–water partition coefficient (Wildman–Crippen LogP) is 1.21. The lowest BCUT2D eigenvalue weighted by atomic mass is 9.64. The molecule has 0 aromatic rings. The number of rotatable bonds is 3. The van der Waals surface area contributed by atoms with Crippen molar-refractivity contribution in [1.82, 2.24) is 10.2 Å². The maximum atomic E-state index is 12.3. The second-order valence-electron chi connectivity index (χ2n) is 6.19. The first-order valence-electron chi connectivity index (χ1n) is 6.46. The summed E-state index contributed by atoms with van der Waals surface area (Å²) < 4.78 is 5.44. The summed E-state index contributed by atoms with van der Waals surface area (Å²) in [6.45, 7) is 9.23. The van der Waals surface area contributed by atoms with Crippen LogP contribution in [-0.2, 0) is 9.53 Å². The Balaban J connectivity index is 2.04. The summed E-state index contributed by atoms with van der Waals surface area (Å²) in [6, 6.07) is 0.309. The van der Waals surface area contributed by atoms with E-state index in [1.807, 2.05) is 4.90 Å². The van der Waals surface area contributed by atoms with Crippen LogP contribution in [0.5, 0.6) is 0 Å². The molecule has 1 heterocycles. The van der Waals surface area contributed by atoms with Gasteiger partial charge in [0.1, 0.15) is 0 Å². The van der Waals surface area contributed by atoms with Crippen LogP contribution in [0.3, 0.4) is 0 Å². The van der Waals surface area contributed by atoms with Crippen LogP contribution in [-0.4, -0.2) is 42.8 Å². The normalized spacial score (nSPS) is 36.5. The summed E-state index contributed by atoms with van der Waals surface area (Å²) in [5.74, 6) is 0.613. The molecular formula is C13H24N2O2. The van der Waals surface area contributed by atoms with Gasteiger partial charge in [-0.3, -0.25) is 10.1 Å². The summed E-state index contributed by atoms with van der Waals surface area (Å²) in [5.41, 5.74) is 0.0674. The van der Waals surface area contributed by atoms with E-state index < -0.39 is 0 Å². The zero-order chi connectivity index (χ0) is 12.8. The van der Waals surface area contributed by atoms with Crippen LogP contribution in [0.25, 0.3) is 0 Å². The van der Waals surface area contributed by atoms with E-state index in [1.165, 1.54) is 0 Å². The van der Waals surface area contributed by atoms with Crippen LogP contribution in [0.15, 0.2) is 0 Å². The largest absolute Gasteiger partial charge is 0.381 e. The molecule has 1 saturated heterocycles. The minimum atomic E-state index is -0.00704. The Morgan fingerprint density at radius 3 is 2.53 bits per heavy atom. The summed E-state index contributed by atoms with van der Waals surface area (Å²) in [7, 11) is 1.75. The number of ether oxygens (including phenoxy) is 1. The quantitative estimate of drug-likeness (QED) is 0.806. The third-order valence-corrected chi connectivity index (χ3v) is 4.48. The standard InChI is InChI=1S/C13H24N2O2/c1-8(2)11-12(16)15(7-14-11)9-6-10(17-5)13(9,3)4/h8-11,14H,6-7H2,1-5H3. The Hall–Kier alpha value is -0.610. The van der Waals surface area contributed by atoms with Crippen molar-refractivity contribution in [1.29, 1.82) is 0 Å². The molecule has 0 spiro atoms. The minimum absolute atomic E-state index is 0.00704. The first-order valence-corrected chi connectivity index (χ1v) is 6.46. The van der Waals surface area contributed by atoms with Gasteiger partial charge < -0.3 is 9.64 Å². The molecule has 2 rings (SSSR count). The summed E-state index contributed by atoms with van der Waals surface area (Å²) in [5, 5.41) is 3.31. The van der Waals surface area contributed by atoms with E-state index in [1.54, 1.807) is 7.11 Å². The SMILES string of the molecule is COC1CC(N2CNC(C(C)C)C2=O)C1(C)C. The molecule has 1 amide bonds. The number of amides is 1. The fourth-order valence-corrected chi connectivity index (χ4v) is 3.12. The molecule has 17 heavy (non-hydrogen) atoms. The molecule has 0 radical (unpaired) electrons. The number of methoxy groups -OCH3 is 1. The fraction of sp³-hybridized carbons (Fsp3) is 0.923. The smallest absolute Gasteiger partial charge is 0.241 e. The Morgan fingerprint density at radius 1 is 1.47 bits per heavy atom. The lowest BCUT2D eigenvalue weighted by Gasteiger charge is -2.54. The summed E-state index contributed by atoms with van der Waals surface area (Å²) in [4.78, 5) is 14.3. The number of nitrogens with one attached hydrogen (secondary N) is 1. The Morgan fingerprint density at radius 2 is 2.12 bits per heavy atom. The second kappa shape index (κ2) is 4.25. The molecule has 98 valence electrons. The average molecular weight is 240 g/mol. The van der Waals surface area contributed by atoms with E-state index in [9.17, 15) is 4.79 Å². The van der Waals surface area contributed by atoms with Gasteiger partial charge in [-0.25, -0.2) is 0 Å². The molecule has 0 bridgehead atoms. The van der Waals surface area contributed by atoms with Crippen molar-refractivity contribution in [2.45, 2.75) is 52.3 Å². The molecule has 2 aliphatic rings. The van der Waals surface area contributed by atoms with Crippen LogP contribution in [0.4, 0.5) is 0 Å². The van der Waals surface area contributed by atoms with Gasteiger partial charge in [-0.15, -0.1) is 0 Å². The fourth-order valence-electron chi connectivity index (χ4n) is 3.12. The van der Waals surface area contributed by atoms with Gasteiger partial charge >= 0.3 is 0 Å². The lowest BCUT2D eigenvalue weighted by Crippen LogP contribution is -2.62. The molecule has 4 heteroatoms. The van der Waals surface area contributed by atoms with Crippen molar-refractivity contribution in [3.05, 3.63) is 0 Å². The highest BCUT2D eigenvalue weighted by atomic mass is 16.5. The van der Waals surface area contributed by atoms with Gasteiger partial charge in [0.2, 0.25) is 5.91 Å². The Kier molecular flexibility index (Phi) is 3.21. The molecule has 1 aliphatic carbocycles. The van der Waals surface area contributed by atoms with Crippen LogP contribution in [0.2, 0.25) is 0 Å². The van der Waals surface area contributed by atoms with Crippen LogP contribution < -0.4 is 5.32 Å². The molecule has 2 fully saturated rings.